The van der Waals surface area contributed by atoms with Gasteiger partial charge in [-0.05, 0) is 93.5 Å². The van der Waals surface area contributed by atoms with Crippen molar-refractivity contribution in [2.24, 2.45) is 0 Å². The van der Waals surface area contributed by atoms with E-state index < -0.39 is 183 Å². The van der Waals surface area contributed by atoms with Gasteiger partial charge in [-0.1, -0.05) is 0 Å². The van der Waals surface area contributed by atoms with E-state index in [4.69, 9.17) is 28.4 Å². The summed E-state index contributed by atoms with van der Waals surface area (Å²) in [6, 6.07) is 7.39. The molecule has 4 fully saturated rings. The summed E-state index contributed by atoms with van der Waals surface area (Å²) in [6.07, 6.45) is -0.520. The minimum absolute atomic E-state index is 0.00901. The predicted molar refractivity (Wildman–Crippen MR) is 462 cm³/mol. The van der Waals surface area contributed by atoms with E-state index in [0.29, 0.717) is 72.1 Å². The van der Waals surface area contributed by atoms with Gasteiger partial charge in [-0.15, -0.1) is 0 Å². The Balaban J connectivity index is 0.782. The number of benzene rings is 2. The molecule has 736 valence electrons. The van der Waals surface area contributed by atoms with E-state index in [0.717, 1.165) is 9.80 Å². The summed E-state index contributed by atoms with van der Waals surface area (Å²) < 4.78 is 89.0. The third-order valence-electron chi connectivity index (χ3n) is 22.5. The highest BCUT2D eigenvalue weighted by molar-refractivity contribution is 6.08. The molecule has 49 heteroatoms. The number of fused-ring (bicyclic) bond motifs is 2. The number of alkyl halides is 4. The molecule has 11 N–H and O–H groups in total. The van der Waals surface area contributed by atoms with E-state index in [1.165, 1.54) is 29.4 Å². The Kier molecular flexibility index (Phi) is 43.5. The van der Waals surface area contributed by atoms with Crippen LogP contribution in [0.25, 0.3) is 21.8 Å². The Bertz CT molecular complexity index is 4650. The number of unbranched alkanes of at least 4 members (excludes halogenated alkanes) is 2. The fourth-order valence-electron chi connectivity index (χ4n) is 15.3. The van der Waals surface area contributed by atoms with Crippen molar-refractivity contribution in [1.82, 2.24) is 86.4 Å². The number of nitrogens with one attached hydrogen (secondary N) is 7. The van der Waals surface area contributed by atoms with Crippen LogP contribution in [0.2, 0.25) is 0 Å². The molecular weight excluding hydrogens is 1790 g/mol. The van der Waals surface area contributed by atoms with Gasteiger partial charge in [0.05, 0.1) is 120 Å². The topological polar surface area (TPSA) is 593 Å². The Labute approximate surface area is 772 Å². The maximum Gasteiger partial charge on any atom is 0.326 e. The van der Waals surface area contributed by atoms with Gasteiger partial charge in [-0.25, -0.2) is 27.2 Å². The molecule has 4 aromatic rings. The number of amides is 10. The fourth-order valence-corrected chi connectivity index (χ4v) is 15.3. The second-order valence-corrected chi connectivity index (χ2v) is 32.3. The minimum Gasteiger partial charge on any atom is -0.494 e. The van der Waals surface area contributed by atoms with Crippen molar-refractivity contribution in [3.8, 4) is 23.6 Å². The van der Waals surface area contributed by atoms with Gasteiger partial charge in [0.15, 0.2) is 0 Å². The van der Waals surface area contributed by atoms with Gasteiger partial charge in [0.25, 0.3) is 36.6 Å². The van der Waals surface area contributed by atoms with E-state index in [-0.39, 0.29) is 207 Å². The lowest BCUT2D eigenvalue weighted by molar-refractivity contribution is -0.145. The summed E-state index contributed by atoms with van der Waals surface area (Å²) in [5.41, 5.74) is 0.979. The second-order valence-electron chi connectivity index (χ2n) is 32.3. The molecule has 8 rings (SSSR count). The fraction of sp³-hybridized carbons (Fsp3) is 0.581. The molecule has 0 aliphatic carbocycles. The predicted octanol–water partition coefficient (Wildman–Crippen LogP) is -0.697. The molecule has 4 aliphatic rings. The summed E-state index contributed by atoms with van der Waals surface area (Å²) >= 11 is 0. The molecule has 0 spiro atoms. The highest BCUT2D eigenvalue weighted by atomic mass is 19.3. The summed E-state index contributed by atoms with van der Waals surface area (Å²) in [5.74, 6) is -18.1. The van der Waals surface area contributed by atoms with Crippen molar-refractivity contribution in [2.45, 2.75) is 144 Å². The zero-order chi connectivity index (χ0) is 98.0. The zero-order valence-electron chi connectivity index (χ0n) is 74.2. The first-order valence-corrected chi connectivity index (χ1v) is 43.9. The number of halogens is 4. The Hall–Kier alpha value is -13.2. The molecule has 2 aromatic heterocycles. The van der Waals surface area contributed by atoms with Crippen LogP contribution in [0.1, 0.15) is 117 Å². The first-order chi connectivity index (χ1) is 64.6. The van der Waals surface area contributed by atoms with Gasteiger partial charge in [0.2, 0.25) is 47.3 Å². The normalized spacial score (nSPS) is 17.5. The van der Waals surface area contributed by atoms with E-state index in [1.807, 2.05) is 0 Å². The van der Waals surface area contributed by atoms with E-state index in [1.54, 1.807) is 73.0 Å². The van der Waals surface area contributed by atoms with Crippen molar-refractivity contribution >= 4 is 118 Å². The molecule has 45 nitrogen and oxygen atoms in total. The molecule has 10 amide bonds. The zero-order valence-corrected chi connectivity index (χ0v) is 74.2. The molecule has 2 aromatic carbocycles. The lowest BCUT2D eigenvalue weighted by atomic mass is 10.1. The SMILES string of the molecule is N#C[C@@H]1CC(F)(F)CN1C(=O)CNC(=O)c1ccnc2ccc(OCCCCNC(=O)CC[C@@H](NC(=O)CC(CC(=O)N[C@H](CCC(=O)NCCCCOc3ccc4nccc(C(=O)NCC(=O)N5CC(F)(F)C[C@@H]5C#N)c4c3)C(=O)O)N3CCN(C(=O)CCOCCOCCNC(=O)CCC(C(=O)O)N4CCN(COC=O)CCN(COC=O)CCN(CC(=O)O)CC4)C3)C(=O)O)cc12. The molecule has 2 unspecified atom stereocenters. The number of carboxylic acids is 4. The highest BCUT2D eigenvalue weighted by Crippen LogP contribution is 2.34. The average molecular weight is 1900 g/mol. The minimum atomic E-state index is -3.25. The smallest absolute Gasteiger partial charge is 0.326 e. The number of carbonyl (C=O) groups is 16. The number of hydrogen-bond donors (Lipinski definition) is 11. The van der Waals surface area contributed by atoms with Crippen LogP contribution in [0.15, 0.2) is 60.9 Å². The molecule has 6 atom stereocenters. The number of aliphatic carboxylic acids is 4. The maximum atomic E-state index is 14.0. The van der Waals surface area contributed by atoms with Crippen LogP contribution in [-0.2, 0) is 86.1 Å². The Morgan fingerprint density at radius 2 is 0.919 bits per heavy atom. The van der Waals surface area contributed by atoms with Crippen LogP contribution in [0, 0.1) is 22.7 Å². The molecule has 0 saturated carbocycles. The molecular formula is C86H113F4N19O26. The lowest BCUT2D eigenvalue weighted by Gasteiger charge is -2.35. The van der Waals surface area contributed by atoms with Gasteiger partial charge in [-0.3, -0.25) is 102 Å². The maximum absolute atomic E-state index is 14.0. The first-order valence-electron chi connectivity index (χ1n) is 43.9. The molecule has 4 saturated heterocycles. The summed E-state index contributed by atoms with van der Waals surface area (Å²) in [6.45, 7) is -1.02. The van der Waals surface area contributed by atoms with E-state index >= 15 is 0 Å². The largest absolute Gasteiger partial charge is 0.494 e. The summed E-state index contributed by atoms with van der Waals surface area (Å²) in [7, 11) is 0. The third kappa shape index (κ3) is 36.3. The second kappa shape index (κ2) is 54.8. The van der Waals surface area contributed by atoms with E-state index in [9.17, 15) is 125 Å². The Morgan fingerprint density at radius 3 is 1.37 bits per heavy atom. The van der Waals surface area contributed by atoms with Crippen molar-refractivity contribution < 1.29 is 143 Å². The number of likely N-dealkylation sites (tertiary alicyclic amines) is 2. The van der Waals surface area contributed by atoms with Gasteiger partial charge < -0.3 is 101 Å². The molecule has 6 heterocycles. The van der Waals surface area contributed by atoms with Crippen molar-refractivity contribution in [3.63, 3.8) is 0 Å². The number of pyridine rings is 2. The van der Waals surface area contributed by atoms with Crippen LogP contribution >= 0.6 is 0 Å². The summed E-state index contributed by atoms with van der Waals surface area (Å²) in [4.78, 5) is 224. The van der Waals surface area contributed by atoms with Crippen molar-refractivity contribution in [3.05, 3.63) is 72.1 Å². The number of aromatic nitrogens is 2. The molecule has 0 bridgehead atoms. The third-order valence-corrected chi connectivity index (χ3v) is 22.5. The average Bonchev–Trinajstić information content (AvgIpc) is 1.69. The van der Waals surface area contributed by atoms with Gasteiger partial charge >= 0.3 is 23.9 Å². The number of nitrogens with zero attached hydrogens (tertiary/aromatic N) is 12. The standard InChI is InChI=1S/C86H113F4N19O26/c87-85(88)43-58(45-91)108(50-85)77(118)47-98-80(122)62-15-20-93-66-7-5-60(41-64(62)66)134-33-3-1-18-95-71(112)12-9-68(82(124)125)100-74(115)39-57(40-75(116)101-69(83(126)127)10-13-72(113)96-19-2-4-34-135-61-6-8-67-65(42-61)63(16-21-94-67)81(123)99-48-78(119)109-51-86(89,90)44-59(109)46-92)106-31-32-107(52-106)76(117)17-35-130-37-38-131-36-22-97-73(114)14-11-70(84(128)129)105-29-27-102(49-79(120)121)23-24-103(53-132-55-110)25-26-104(28-30-105)54-133-56-111/h5-8,15-16,20-21,41-42,55-59,68-70H,1-4,9-14,17-19,22-40,43-44,47-54H2,(H,95,112)(H,96,113)(H,97,114)(H,98,122)(H,99,123)(H,100,115)(H,101,116)(H,120,121)(H,124,125)(H,126,127)(H,128,129)/t57?,58-,59+,68-,69-,70?/m1/s1. The highest BCUT2D eigenvalue weighted by Gasteiger charge is 2.49. The van der Waals surface area contributed by atoms with Gasteiger partial charge in [0.1, 0.15) is 55.2 Å². The summed E-state index contributed by atoms with van der Waals surface area (Å²) in [5, 5.41) is 77.5. The number of carboxylic acid groups (broad SMARTS) is 4. The van der Waals surface area contributed by atoms with Crippen LogP contribution < -0.4 is 46.7 Å². The lowest BCUT2D eigenvalue weighted by Crippen LogP contribution is -2.51. The van der Waals surface area contributed by atoms with Gasteiger partial charge in [-0.2, -0.15) is 10.5 Å². The van der Waals surface area contributed by atoms with Crippen LogP contribution in [0.4, 0.5) is 17.6 Å². The van der Waals surface area contributed by atoms with Crippen LogP contribution in [-0.4, -0.2) is 391 Å². The van der Waals surface area contributed by atoms with Crippen molar-refractivity contribution in [2.75, 3.05) is 178 Å². The quantitative estimate of drug-likeness (QED) is 0.0148. The monoisotopic (exact) mass is 1900 g/mol. The number of hydrogen-bond acceptors (Lipinski definition) is 31. The van der Waals surface area contributed by atoms with Crippen molar-refractivity contribution in [1.29, 1.82) is 10.5 Å². The van der Waals surface area contributed by atoms with Crippen LogP contribution in [0.3, 0.4) is 0 Å². The van der Waals surface area contributed by atoms with Gasteiger partial charge in [0, 0.05) is 159 Å². The number of ether oxygens (including phenoxy) is 6. The number of carbonyl (C=O) groups excluding carboxylic acids is 12. The van der Waals surface area contributed by atoms with Crippen LogP contribution in [0.5, 0.6) is 11.5 Å². The Morgan fingerprint density at radius 1 is 0.481 bits per heavy atom. The van der Waals surface area contributed by atoms with E-state index in [2.05, 4.69) is 47.2 Å². The number of nitriles is 2. The number of rotatable bonds is 55. The molecule has 135 heavy (non-hydrogen) atoms. The first kappa shape index (κ1) is 107. The molecule has 4 aliphatic heterocycles. The molecule has 0 radical (unpaired) electrons.